The van der Waals surface area contributed by atoms with Gasteiger partial charge in [-0.25, -0.2) is 0 Å². The van der Waals surface area contributed by atoms with Gasteiger partial charge in [-0.2, -0.15) is 0 Å². The second-order valence-electron chi connectivity index (χ2n) is 5.03. The highest BCUT2D eigenvalue weighted by molar-refractivity contribution is 14.0. The highest BCUT2D eigenvalue weighted by Crippen LogP contribution is 2.08. The Hall–Kier alpha value is 0. The van der Waals surface area contributed by atoms with Gasteiger partial charge in [-0.15, -0.1) is 24.0 Å². The molecule has 0 aromatic carbocycles. The van der Waals surface area contributed by atoms with Gasteiger partial charge in [-0.3, -0.25) is 4.99 Å². The first-order chi connectivity index (χ1) is 7.79. The van der Waals surface area contributed by atoms with Gasteiger partial charge in [0.1, 0.15) is 0 Å². The average molecular weight is 353 g/mol. The summed E-state index contributed by atoms with van der Waals surface area (Å²) in [7, 11) is 0. The van der Waals surface area contributed by atoms with Crippen molar-refractivity contribution in [1.82, 2.24) is 10.6 Å². The summed E-state index contributed by atoms with van der Waals surface area (Å²) in [6.07, 6.45) is 7.91. The van der Waals surface area contributed by atoms with E-state index in [0.29, 0.717) is 0 Å². The molecule has 0 spiro atoms. The number of rotatable bonds is 7. The minimum absolute atomic E-state index is 0. The van der Waals surface area contributed by atoms with Crippen LogP contribution in [-0.2, 0) is 0 Å². The summed E-state index contributed by atoms with van der Waals surface area (Å²) in [5, 5.41) is 6.64. The van der Waals surface area contributed by atoms with Gasteiger partial charge in [0, 0.05) is 19.6 Å². The molecule has 0 amide bonds. The lowest BCUT2D eigenvalue weighted by molar-refractivity contribution is 0.518. The highest BCUT2D eigenvalue weighted by atomic mass is 127. The molecule has 0 saturated heterocycles. The summed E-state index contributed by atoms with van der Waals surface area (Å²) >= 11 is 0. The first kappa shape index (κ1) is 17.0. The van der Waals surface area contributed by atoms with Crippen LogP contribution in [0.2, 0.25) is 0 Å². The van der Waals surface area contributed by atoms with Crippen molar-refractivity contribution >= 4 is 29.9 Å². The van der Waals surface area contributed by atoms with Crippen molar-refractivity contribution in [3.8, 4) is 0 Å². The van der Waals surface area contributed by atoms with Crippen LogP contribution in [0.15, 0.2) is 4.99 Å². The Kier molecular flexibility index (Phi) is 11.1. The molecule has 1 heterocycles. The number of hydrogen-bond donors (Lipinski definition) is 2. The van der Waals surface area contributed by atoms with Crippen molar-refractivity contribution in [2.24, 2.45) is 10.9 Å². The van der Waals surface area contributed by atoms with Crippen molar-refractivity contribution in [2.75, 3.05) is 19.6 Å². The standard InChI is InChI=1S/C13H27N3.HI/c1-12(2)8-5-3-4-6-9-14-13-15-10-7-11-16-13;/h12H,3-11H2,1-2H3,(H2,14,15,16);1H. The lowest BCUT2D eigenvalue weighted by Crippen LogP contribution is -2.41. The molecule has 4 heteroatoms. The lowest BCUT2D eigenvalue weighted by Gasteiger charge is -2.15. The van der Waals surface area contributed by atoms with E-state index in [9.17, 15) is 0 Å². The topological polar surface area (TPSA) is 36.4 Å². The summed E-state index contributed by atoms with van der Waals surface area (Å²) < 4.78 is 0. The van der Waals surface area contributed by atoms with Gasteiger partial charge in [-0.05, 0) is 18.8 Å². The molecule has 102 valence electrons. The zero-order valence-corrected chi connectivity index (χ0v) is 13.6. The number of hydrogen-bond acceptors (Lipinski definition) is 3. The van der Waals surface area contributed by atoms with Crippen molar-refractivity contribution in [1.29, 1.82) is 0 Å². The number of guanidine groups is 1. The molecule has 1 aliphatic heterocycles. The minimum Gasteiger partial charge on any atom is -0.356 e. The Morgan fingerprint density at radius 1 is 1.24 bits per heavy atom. The maximum absolute atomic E-state index is 4.38. The van der Waals surface area contributed by atoms with E-state index < -0.39 is 0 Å². The van der Waals surface area contributed by atoms with Crippen molar-refractivity contribution < 1.29 is 0 Å². The number of nitrogens with one attached hydrogen (secondary N) is 2. The Bertz CT molecular complexity index is 205. The van der Waals surface area contributed by atoms with Crippen LogP contribution in [0.4, 0.5) is 0 Å². The highest BCUT2D eigenvalue weighted by Gasteiger charge is 2.01. The van der Waals surface area contributed by atoms with E-state index >= 15 is 0 Å². The second kappa shape index (κ2) is 11.1. The van der Waals surface area contributed by atoms with Gasteiger partial charge in [0.05, 0.1) is 0 Å². The van der Waals surface area contributed by atoms with E-state index in [1.54, 1.807) is 0 Å². The van der Waals surface area contributed by atoms with Gasteiger partial charge in [-0.1, -0.05) is 39.5 Å². The second-order valence-corrected chi connectivity index (χ2v) is 5.03. The molecule has 3 nitrogen and oxygen atoms in total. The fourth-order valence-electron chi connectivity index (χ4n) is 1.89. The quantitative estimate of drug-likeness (QED) is 0.545. The van der Waals surface area contributed by atoms with Crippen LogP contribution in [0, 0.1) is 5.92 Å². The third kappa shape index (κ3) is 9.68. The summed E-state index contributed by atoms with van der Waals surface area (Å²) in [5.74, 6) is 1.87. The number of nitrogens with zero attached hydrogens (tertiary/aromatic N) is 1. The molecule has 0 aliphatic carbocycles. The first-order valence-corrected chi connectivity index (χ1v) is 6.81. The summed E-state index contributed by atoms with van der Waals surface area (Å²) in [4.78, 5) is 4.38. The lowest BCUT2D eigenvalue weighted by atomic mass is 10.0. The molecular formula is C13H28IN3. The molecule has 2 N–H and O–H groups in total. The minimum atomic E-state index is 0. The third-order valence-corrected chi connectivity index (χ3v) is 2.90. The predicted molar refractivity (Wildman–Crippen MR) is 86.3 cm³/mol. The van der Waals surface area contributed by atoms with E-state index in [0.717, 1.165) is 31.5 Å². The van der Waals surface area contributed by atoms with Crippen LogP contribution in [0.5, 0.6) is 0 Å². The molecule has 0 aromatic rings. The molecule has 0 unspecified atom stereocenters. The van der Waals surface area contributed by atoms with Crippen LogP contribution < -0.4 is 10.6 Å². The van der Waals surface area contributed by atoms with Crippen LogP contribution in [-0.4, -0.2) is 25.6 Å². The van der Waals surface area contributed by atoms with E-state index in [-0.39, 0.29) is 24.0 Å². The van der Waals surface area contributed by atoms with Gasteiger partial charge >= 0.3 is 0 Å². The van der Waals surface area contributed by atoms with Crippen molar-refractivity contribution in [3.63, 3.8) is 0 Å². The summed E-state index contributed by atoms with van der Waals surface area (Å²) in [6.45, 7) is 7.71. The maximum atomic E-state index is 4.38. The SMILES string of the molecule is CC(C)CCCCCCNC1=NCCCN1.I. The van der Waals surface area contributed by atoms with E-state index in [2.05, 4.69) is 29.5 Å². The molecule has 0 saturated carbocycles. The fourth-order valence-corrected chi connectivity index (χ4v) is 1.89. The molecule has 0 aromatic heterocycles. The first-order valence-electron chi connectivity index (χ1n) is 6.81. The van der Waals surface area contributed by atoms with E-state index in [4.69, 9.17) is 0 Å². The largest absolute Gasteiger partial charge is 0.356 e. The molecule has 0 fully saturated rings. The average Bonchev–Trinajstić information content (AvgIpc) is 2.29. The molecule has 17 heavy (non-hydrogen) atoms. The molecule has 0 radical (unpaired) electrons. The van der Waals surface area contributed by atoms with Crippen molar-refractivity contribution in [2.45, 2.75) is 52.4 Å². The van der Waals surface area contributed by atoms with Crippen LogP contribution in [0.1, 0.15) is 52.4 Å². The van der Waals surface area contributed by atoms with Gasteiger partial charge < -0.3 is 10.6 Å². The zero-order valence-electron chi connectivity index (χ0n) is 11.3. The predicted octanol–water partition coefficient (Wildman–Crippen LogP) is 3.15. The van der Waals surface area contributed by atoms with E-state index in [1.165, 1.54) is 38.5 Å². The number of halogens is 1. The normalized spacial score (nSPS) is 14.9. The van der Waals surface area contributed by atoms with Crippen LogP contribution in [0.25, 0.3) is 0 Å². The Balaban J connectivity index is 0.00000256. The van der Waals surface area contributed by atoms with E-state index in [1.807, 2.05) is 0 Å². The summed E-state index contributed by atoms with van der Waals surface area (Å²) in [5.41, 5.74) is 0. The molecule has 1 aliphatic rings. The Labute approximate surface area is 123 Å². The van der Waals surface area contributed by atoms with Gasteiger partial charge in [0.25, 0.3) is 0 Å². The Morgan fingerprint density at radius 2 is 2.00 bits per heavy atom. The van der Waals surface area contributed by atoms with Crippen LogP contribution in [0.3, 0.4) is 0 Å². The Morgan fingerprint density at radius 3 is 2.65 bits per heavy atom. The third-order valence-electron chi connectivity index (χ3n) is 2.90. The smallest absolute Gasteiger partial charge is 0.191 e. The fraction of sp³-hybridized carbons (Fsp3) is 0.923. The summed E-state index contributed by atoms with van der Waals surface area (Å²) in [6, 6.07) is 0. The maximum Gasteiger partial charge on any atom is 0.191 e. The molecule has 0 bridgehead atoms. The molecule has 1 rings (SSSR count). The zero-order chi connectivity index (χ0) is 11.6. The van der Waals surface area contributed by atoms with Crippen LogP contribution >= 0.6 is 24.0 Å². The number of aliphatic imine (C=N–C) groups is 1. The molecular weight excluding hydrogens is 325 g/mol. The van der Waals surface area contributed by atoms with Crippen molar-refractivity contribution in [3.05, 3.63) is 0 Å². The number of unbranched alkanes of at least 4 members (excludes halogenated alkanes) is 3. The van der Waals surface area contributed by atoms with Gasteiger partial charge in [0.2, 0.25) is 0 Å². The monoisotopic (exact) mass is 353 g/mol. The van der Waals surface area contributed by atoms with Gasteiger partial charge in [0.15, 0.2) is 5.96 Å². The molecule has 0 atom stereocenters.